The van der Waals surface area contributed by atoms with Crippen molar-refractivity contribution < 1.29 is 38.0 Å². The number of rotatable bonds is 2. The third-order valence-electron chi connectivity index (χ3n) is 0.650. The van der Waals surface area contributed by atoms with Gasteiger partial charge in [0.05, 0.1) is 0 Å². The molecule has 8 heteroatoms. The highest BCUT2D eigenvalue weighted by atomic mass is 19.3. The lowest BCUT2D eigenvalue weighted by Crippen LogP contribution is -2.20. The molecule has 0 amide bonds. The zero-order chi connectivity index (χ0) is 9.56. The molecule has 0 aromatic rings. The van der Waals surface area contributed by atoms with Crippen LogP contribution in [0.25, 0.3) is 0 Å². The predicted octanol–water partition coefficient (Wildman–Crippen LogP) is 1.41. The van der Waals surface area contributed by atoms with E-state index in [1.807, 2.05) is 0 Å². The number of carbonyl (C=O) groups excluding carboxylic acids is 2. The summed E-state index contributed by atoms with van der Waals surface area (Å²) in [6, 6.07) is 0. The monoisotopic (exact) mass is 186 g/mol. The summed E-state index contributed by atoms with van der Waals surface area (Å²) in [6.07, 6.45) is -4.93. The Morgan fingerprint density at radius 2 is 1.42 bits per heavy atom. The molecule has 6 nitrogen and oxygen atoms in total. The first-order valence-corrected chi connectivity index (χ1v) is 2.58. The van der Waals surface area contributed by atoms with Gasteiger partial charge in [-0.3, -0.25) is 0 Å². The quantitative estimate of drug-likeness (QED) is 0.479. The van der Waals surface area contributed by atoms with E-state index in [0.29, 0.717) is 0 Å². The van der Waals surface area contributed by atoms with Crippen LogP contribution < -0.4 is 0 Å². The van der Waals surface area contributed by atoms with Crippen molar-refractivity contribution in [3.63, 3.8) is 0 Å². The number of halogens is 2. The Balaban J connectivity index is 3.66. The van der Waals surface area contributed by atoms with Gasteiger partial charge < -0.3 is 9.47 Å². The molecule has 0 aliphatic heterocycles. The summed E-state index contributed by atoms with van der Waals surface area (Å²) in [5, 5.41) is 0. The molecule has 0 aromatic heterocycles. The number of hydrogen-bond acceptors (Lipinski definition) is 6. The molecule has 0 radical (unpaired) electrons. The van der Waals surface area contributed by atoms with Gasteiger partial charge in [-0.25, -0.2) is 19.5 Å². The lowest BCUT2D eigenvalue weighted by Gasteiger charge is -2.08. The Hall–Kier alpha value is -1.60. The summed E-state index contributed by atoms with van der Waals surface area (Å²) in [5.74, 6) is 0. The van der Waals surface area contributed by atoms with E-state index in [-0.39, 0.29) is 0 Å². The molecule has 0 saturated heterocycles. The third kappa shape index (κ3) is 4.25. The molecule has 0 N–H and O–H groups in total. The van der Waals surface area contributed by atoms with E-state index in [1.165, 1.54) is 0 Å². The summed E-state index contributed by atoms with van der Waals surface area (Å²) >= 11 is 0. The number of hydrogen-bond donors (Lipinski definition) is 0. The van der Waals surface area contributed by atoms with Crippen LogP contribution in [0.1, 0.15) is 6.92 Å². The van der Waals surface area contributed by atoms with E-state index in [0.717, 1.165) is 6.92 Å². The van der Waals surface area contributed by atoms with E-state index < -0.39 is 18.6 Å². The molecule has 0 aromatic carbocycles. The maximum Gasteiger partial charge on any atom is 0.548 e. The van der Waals surface area contributed by atoms with Crippen molar-refractivity contribution in [2.24, 2.45) is 0 Å². The van der Waals surface area contributed by atoms with Gasteiger partial charge in [-0.15, -0.1) is 0 Å². The highest BCUT2D eigenvalue weighted by Gasteiger charge is 2.16. The van der Waals surface area contributed by atoms with Crippen LogP contribution in [0.3, 0.4) is 0 Å². The van der Waals surface area contributed by atoms with Gasteiger partial charge in [0.15, 0.2) is 0 Å². The Morgan fingerprint density at radius 1 is 1.08 bits per heavy atom. The van der Waals surface area contributed by atoms with Crippen molar-refractivity contribution in [1.29, 1.82) is 0 Å². The Labute approximate surface area is 64.7 Å². The molecule has 0 atom stereocenters. The van der Waals surface area contributed by atoms with Gasteiger partial charge >= 0.3 is 12.3 Å². The summed E-state index contributed by atoms with van der Waals surface area (Å²) in [5.41, 5.74) is 0. The first-order valence-electron chi connectivity index (χ1n) is 2.58. The maximum absolute atomic E-state index is 10.9. The zero-order valence-corrected chi connectivity index (χ0v) is 5.78. The van der Waals surface area contributed by atoms with Crippen LogP contribution in [0.4, 0.5) is 18.6 Å². The fourth-order valence-corrected chi connectivity index (χ4v) is 0.331. The van der Waals surface area contributed by atoms with Crippen LogP contribution in [-0.4, -0.2) is 18.6 Å². The van der Waals surface area contributed by atoms with Gasteiger partial charge in [0.1, 0.15) is 0 Å². The number of ether oxygens (including phenoxy) is 2. The van der Waals surface area contributed by atoms with Gasteiger partial charge in [-0.2, -0.15) is 0 Å². The molecule has 0 spiro atoms. The van der Waals surface area contributed by atoms with Crippen molar-refractivity contribution >= 4 is 12.3 Å². The predicted molar refractivity (Wildman–Crippen MR) is 26.8 cm³/mol. The lowest BCUT2D eigenvalue weighted by molar-refractivity contribution is -0.168. The highest BCUT2D eigenvalue weighted by molar-refractivity contribution is 5.61. The van der Waals surface area contributed by atoms with Gasteiger partial charge in [0.25, 0.3) is 6.29 Å². The van der Waals surface area contributed by atoms with Gasteiger partial charge in [0, 0.05) is 16.0 Å². The Morgan fingerprint density at radius 3 is 1.67 bits per heavy atom. The normalized spacial score (nSPS) is 9.00. The van der Waals surface area contributed by atoms with E-state index in [1.54, 1.807) is 0 Å². The molecule has 0 fully saturated rings. The van der Waals surface area contributed by atoms with Crippen molar-refractivity contribution in [3.05, 3.63) is 0 Å². The molecular weight excluding hydrogens is 182 g/mol. The Bertz CT molecular complexity index is 153. The van der Waals surface area contributed by atoms with E-state index in [2.05, 4.69) is 19.4 Å². The molecule has 0 bridgehead atoms. The van der Waals surface area contributed by atoms with Crippen LogP contribution in [-0.2, 0) is 19.4 Å². The lowest BCUT2D eigenvalue weighted by atomic mass is 10.7. The standard InChI is InChI=1S/C4H4F2O6/c1-2(9-3(7)11-5)10-4(8)12-6/h2H,1H3. The topological polar surface area (TPSA) is 71.1 Å². The van der Waals surface area contributed by atoms with E-state index in [4.69, 9.17) is 0 Å². The minimum Gasteiger partial charge on any atom is -0.392 e. The van der Waals surface area contributed by atoms with Crippen molar-refractivity contribution in [2.45, 2.75) is 13.2 Å². The van der Waals surface area contributed by atoms with E-state index >= 15 is 0 Å². The first kappa shape index (κ1) is 10.4. The summed E-state index contributed by atoms with van der Waals surface area (Å²) in [7, 11) is 0. The largest absolute Gasteiger partial charge is 0.548 e. The molecule has 0 rings (SSSR count). The van der Waals surface area contributed by atoms with E-state index in [9.17, 15) is 18.6 Å². The van der Waals surface area contributed by atoms with Crippen LogP contribution in [0.5, 0.6) is 0 Å². The van der Waals surface area contributed by atoms with Crippen molar-refractivity contribution in [3.8, 4) is 0 Å². The fraction of sp³-hybridized carbons (Fsp3) is 0.500. The second-order valence-corrected chi connectivity index (χ2v) is 1.46. The van der Waals surface area contributed by atoms with Gasteiger partial charge in [0.2, 0.25) is 0 Å². The smallest absolute Gasteiger partial charge is 0.392 e. The van der Waals surface area contributed by atoms with Crippen LogP contribution in [0.2, 0.25) is 0 Å². The third-order valence-corrected chi connectivity index (χ3v) is 0.650. The molecule has 12 heavy (non-hydrogen) atoms. The minimum atomic E-state index is -1.71. The maximum atomic E-state index is 10.9. The highest BCUT2D eigenvalue weighted by Crippen LogP contribution is 1.99. The Kier molecular flexibility index (Phi) is 4.42. The number of carbonyl (C=O) groups is 2. The second kappa shape index (κ2) is 5.10. The van der Waals surface area contributed by atoms with Gasteiger partial charge in [-0.05, 0) is 0 Å². The fourth-order valence-electron chi connectivity index (χ4n) is 0.331. The average molecular weight is 186 g/mol. The molecule has 0 heterocycles. The second-order valence-electron chi connectivity index (χ2n) is 1.46. The average Bonchev–Trinajstić information content (AvgIpc) is 2.03. The molecule has 0 aliphatic rings. The summed E-state index contributed by atoms with van der Waals surface area (Å²) < 4.78 is 29.6. The molecule has 0 unspecified atom stereocenters. The van der Waals surface area contributed by atoms with Gasteiger partial charge in [-0.1, -0.05) is 0 Å². The molecule has 70 valence electrons. The molecule has 0 aliphatic carbocycles. The zero-order valence-electron chi connectivity index (χ0n) is 5.78. The van der Waals surface area contributed by atoms with Crippen LogP contribution in [0.15, 0.2) is 0 Å². The minimum absolute atomic E-state index is 1.02. The van der Waals surface area contributed by atoms with Crippen LogP contribution >= 0.6 is 0 Å². The molecule has 0 saturated carbocycles. The summed E-state index contributed by atoms with van der Waals surface area (Å²) in [4.78, 5) is 25.0. The SMILES string of the molecule is CC(OC(=O)OF)OC(=O)OF. The summed E-state index contributed by atoms with van der Waals surface area (Å²) in [6.45, 7) is 1.02. The van der Waals surface area contributed by atoms with Crippen molar-refractivity contribution in [2.75, 3.05) is 0 Å². The first-order chi connectivity index (χ1) is 5.60. The molecular formula is C4H4F2O6. The van der Waals surface area contributed by atoms with Crippen molar-refractivity contribution in [1.82, 2.24) is 0 Å². The van der Waals surface area contributed by atoms with Crippen LogP contribution in [0, 0.1) is 0 Å².